The van der Waals surface area contributed by atoms with Crippen LogP contribution < -0.4 is 11.1 Å². The maximum Gasteiger partial charge on any atom is 0.475 e. The van der Waals surface area contributed by atoms with Gasteiger partial charge in [-0.2, -0.15) is 0 Å². The summed E-state index contributed by atoms with van der Waals surface area (Å²) in [6.07, 6.45) is 1.34. The predicted molar refractivity (Wildman–Crippen MR) is 75.3 cm³/mol. The lowest BCUT2D eigenvalue weighted by Gasteiger charge is -2.16. The van der Waals surface area contributed by atoms with Gasteiger partial charge in [0, 0.05) is 12.8 Å². The average Bonchev–Trinajstić information content (AvgIpc) is 2.38. The van der Waals surface area contributed by atoms with Gasteiger partial charge in [-0.15, -0.1) is 0 Å². The summed E-state index contributed by atoms with van der Waals surface area (Å²) < 4.78 is 0. The second kappa shape index (κ2) is 8.34. The van der Waals surface area contributed by atoms with Crippen LogP contribution in [0.2, 0.25) is 0 Å². The van der Waals surface area contributed by atoms with Crippen molar-refractivity contribution in [2.75, 3.05) is 0 Å². The fraction of sp³-hybridized carbons (Fsp3) is 0.385. The molecular weight excluding hydrogens is 259 g/mol. The lowest BCUT2D eigenvalue weighted by Crippen LogP contribution is -2.48. The normalized spacial score (nSPS) is 11.7. The number of hydrogen-bond donors (Lipinski definition) is 4. The molecule has 0 unspecified atom stereocenters. The van der Waals surface area contributed by atoms with E-state index in [1.165, 1.54) is 0 Å². The monoisotopic (exact) mass is 278 g/mol. The summed E-state index contributed by atoms with van der Waals surface area (Å²) in [5, 5.41) is 20.5. The van der Waals surface area contributed by atoms with Crippen molar-refractivity contribution in [3.63, 3.8) is 0 Å². The molecule has 108 valence electrons. The van der Waals surface area contributed by atoms with Crippen molar-refractivity contribution in [3.8, 4) is 0 Å². The van der Waals surface area contributed by atoms with Gasteiger partial charge in [0.15, 0.2) is 0 Å². The highest BCUT2D eigenvalue weighted by molar-refractivity contribution is 6.44. The zero-order valence-electron chi connectivity index (χ0n) is 11.2. The first-order chi connectivity index (χ1) is 9.49. The SMILES string of the molecule is NC(=O)C[C@@H](NC(=O)CCCc1ccccc1)B(O)O. The molecular formula is C13H19BN2O4. The number of amides is 2. The van der Waals surface area contributed by atoms with Crippen LogP contribution in [-0.2, 0) is 16.0 Å². The lowest BCUT2D eigenvalue weighted by molar-refractivity contribution is -0.122. The Morgan fingerprint density at radius 1 is 1.25 bits per heavy atom. The number of carbonyl (C=O) groups excluding carboxylic acids is 2. The molecule has 0 aromatic heterocycles. The van der Waals surface area contributed by atoms with E-state index in [0.29, 0.717) is 6.42 Å². The molecule has 1 aromatic carbocycles. The van der Waals surface area contributed by atoms with E-state index >= 15 is 0 Å². The Kier molecular flexibility index (Phi) is 6.76. The highest BCUT2D eigenvalue weighted by atomic mass is 16.4. The van der Waals surface area contributed by atoms with Crippen molar-refractivity contribution in [1.29, 1.82) is 0 Å². The zero-order valence-corrected chi connectivity index (χ0v) is 11.2. The Morgan fingerprint density at radius 3 is 2.45 bits per heavy atom. The minimum Gasteiger partial charge on any atom is -0.426 e. The summed E-state index contributed by atoms with van der Waals surface area (Å²) in [5.41, 5.74) is 6.11. The van der Waals surface area contributed by atoms with Gasteiger partial charge in [0.1, 0.15) is 0 Å². The van der Waals surface area contributed by atoms with Crippen LogP contribution in [0.15, 0.2) is 30.3 Å². The molecule has 0 saturated heterocycles. The van der Waals surface area contributed by atoms with Crippen LogP contribution in [0.5, 0.6) is 0 Å². The first-order valence-electron chi connectivity index (χ1n) is 6.46. The van der Waals surface area contributed by atoms with Crippen LogP contribution in [0.4, 0.5) is 0 Å². The first-order valence-corrected chi connectivity index (χ1v) is 6.46. The van der Waals surface area contributed by atoms with Crippen LogP contribution >= 0.6 is 0 Å². The summed E-state index contributed by atoms with van der Waals surface area (Å²) >= 11 is 0. The van der Waals surface area contributed by atoms with E-state index in [1.54, 1.807) is 0 Å². The van der Waals surface area contributed by atoms with Gasteiger partial charge in [-0.3, -0.25) is 9.59 Å². The Bertz CT molecular complexity index is 439. The van der Waals surface area contributed by atoms with Crippen molar-refractivity contribution >= 4 is 18.9 Å². The number of nitrogens with two attached hydrogens (primary N) is 1. The molecule has 0 aliphatic heterocycles. The number of primary amides is 1. The third-order valence-electron chi connectivity index (χ3n) is 2.84. The molecule has 0 radical (unpaired) electrons. The standard InChI is InChI=1S/C13H19BN2O4/c15-12(17)9-11(14(19)20)16-13(18)8-4-7-10-5-2-1-3-6-10/h1-3,5-6,11,19-20H,4,7-9H2,(H2,15,17)(H,16,18)/t11-/m1/s1. The van der Waals surface area contributed by atoms with E-state index in [2.05, 4.69) is 5.32 Å². The smallest absolute Gasteiger partial charge is 0.426 e. The van der Waals surface area contributed by atoms with Crippen LogP contribution in [0.3, 0.4) is 0 Å². The number of carbonyl (C=O) groups is 2. The minimum absolute atomic E-state index is 0.247. The van der Waals surface area contributed by atoms with E-state index in [1.807, 2.05) is 30.3 Å². The lowest BCUT2D eigenvalue weighted by atomic mass is 9.77. The summed E-state index contributed by atoms with van der Waals surface area (Å²) in [6.45, 7) is 0. The Hall–Kier alpha value is -1.86. The van der Waals surface area contributed by atoms with Crippen molar-refractivity contribution < 1.29 is 19.6 Å². The van der Waals surface area contributed by atoms with Gasteiger partial charge in [-0.25, -0.2) is 0 Å². The Morgan fingerprint density at radius 2 is 1.90 bits per heavy atom. The molecule has 0 aliphatic carbocycles. The quantitative estimate of drug-likeness (QED) is 0.475. The fourth-order valence-corrected chi connectivity index (χ4v) is 1.82. The molecule has 0 heterocycles. The summed E-state index contributed by atoms with van der Waals surface area (Å²) in [5.74, 6) is -2.09. The van der Waals surface area contributed by atoms with E-state index in [0.717, 1.165) is 12.0 Å². The van der Waals surface area contributed by atoms with Crippen LogP contribution in [0.1, 0.15) is 24.8 Å². The van der Waals surface area contributed by atoms with Crippen LogP contribution in [0, 0.1) is 0 Å². The molecule has 1 atom stereocenters. The van der Waals surface area contributed by atoms with E-state index in [9.17, 15) is 9.59 Å². The van der Waals surface area contributed by atoms with Gasteiger partial charge in [-0.1, -0.05) is 30.3 Å². The van der Waals surface area contributed by atoms with E-state index in [4.69, 9.17) is 15.8 Å². The maximum atomic E-state index is 11.6. The maximum absolute atomic E-state index is 11.6. The number of rotatable bonds is 8. The van der Waals surface area contributed by atoms with Gasteiger partial charge in [0.05, 0.1) is 5.94 Å². The molecule has 7 heteroatoms. The minimum atomic E-state index is -1.81. The molecule has 5 N–H and O–H groups in total. The highest BCUT2D eigenvalue weighted by Gasteiger charge is 2.26. The summed E-state index contributed by atoms with van der Waals surface area (Å²) in [7, 11) is -1.81. The largest absolute Gasteiger partial charge is 0.475 e. The van der Waals surface area contributed by atoms with E-state index in [-0.39, 0.29) is 18.7 Å². The Balaban J connectivity index is 2.33. The Labute approximate surface area is 118 Å². The molecule has 6 nitrogen and oxygen atoms in total. The zero-order chi connectivity index (χ0) is 15.0. The molecule has 1 rings (SSSR count). The van der Waals surface area contributed by atoms with Crippen molar-refractivity contribution in [1.82, 2.24) is 5.32 Å². The van der Waals surface area contributed by atoms with Crippen LogP contribution in [0.25, 0.3) is 0 Å². The number of nitrogens with one attached hydrogen (secondary N) is 1. The summed E-state index contributed by atoms with van der Waals surface area (Å²) in [6, 6.07) is 9.74. The van der Waals surface area contributed by atoms with Crippen molar-refractivity contribution in [2.24, 2.45) is 5.73 Å². The fourth-order valence-electron chi connectivity index (χ4n) is 1.82. The van der Waals surface area contributed by atoms with Gasteiger partial charge < -0.3 is 21.1 Å². The molecule has 20 heavy (non-hydrogen) atoms. The molecule has 0 bridgehead atoms. The highest BCUT2D eigenvalue weighted by Crippen LogP contribution is 2.05. The van der Waals surface area contributed by atoms with E-state index < -0.39 is 19.0 Å². The number of benzene rings is 1. The van der Waals surface area contributed by atoms with Crippen molar-refractivity contribution in [3.05, 3.63) is 35.9 Å². The third-order valence-corrected chi connectivity index (χ3v) is 2.84. The predicted octanol–water partition coefficient (Wildman–Crippen LogP) is -0.619. The molecule has 0 aliphatic rings. The van der Waals surface area contributed by atoms with Gasteiger partial charge >= 0.3 is 7.12 Å². The number of hydrogen-bond acceptors (Lipinski definition) is 4. The van der Waals surface area contributed by atoms with Gasteiger partial charge in [0.25, 0.3) is 0 Å². The van der Waals surface area contributed by atoms with Gasteiger partial charge in [-0.05, 0) is 18.4 Å². The van der Waals surface area contributed by atoms with Crippen molar-refractivity contribution in [2.45, 2.75) is 31.6 Å². The molecule has 0 spiro atoms. The van der Waals surface area contributed by atoms with Gasteiger partial charge in [0.2, 0.25) is 11.8 Å². The number of aryl methyl sites for hydroxylation is 1. The average molecular weight is 278 g/mol. The second-order valence-electron chi connectivity index (χ2n) is 4.60. The second-order valence-corrected chi connectivity index (χ2v) is 4.60. The molecule has 0 saturated carbocycles. The van der Waals surface area contributed by atoms with Crippen LogP contribution in [-0.4, -0.2) is 34.9 Å². The third kappa shape index (κ3) is 6.35. The molecule has 2 amide bonds. The topological polar surface area (TPSA) is 113 Å². The first kappa shape index (κ1) is 16.2. The molecule has 0 fully saturated rings. The summed E-state index contributed by atoms with van der Waals surface area (Å²) in [4.78, 5) is 22.4. The molecule has 1 aromatic rings.